The van der Waals surface area contributed by atoms with Gasteiger partial charge in [-0.25, -0.2) is 33.6 Å². The van der Waals surface area contributed by atoms with Gasteiger partial charge in [-0.15, -0.1) is 0 Å². The molecular formula is C48H42O16. The fourth-order valence-electron chi connectivity index (χ4n) is 5.24. The number of hydrogen-bond donors (Lipinski definition) is 0. The van der Waals surface area contributed by atoms with Crippen LogP contribution in [-0.4, -0.2) is 62.0 Å². The van der Waals surface area contributed by atoms with Gasteiger partial charge in [0.25, 0.3) is 0 Å². The van der Waals surface area contributed by atoms with Crippen LogP contribution in [0.4, 0.5) is 9.59 Å². The second-order valence-corrected chi connectivity index (χ2v) is 13.4. The van der Waals surface area contributed by atoms with Crippen molar-refractivity contribution in [2.24, 2.45) is 0 Å². The fourth-order valence-corrected chi connectivity index (χ4v) is 5.24. The Morgan fingerprint density at radius 1 is 0.438 bits per heavy atom. The van der Waals surface area contributed by atoms with Gasteiger partial charge in [0, 0.05) is 6.08 Å². The van der Waals surface area contributed by atoms with Gasteiger partial charge >= 0.3 is 42.2 Å². The first-order valence-corrected chi connectivity index (χ1v) is 19.8. The van der Waals surface area contributed by atoms with Crippen LogP contribution >= 0.6 is 0 Å². The minimum Gasteiger partial charge on any atom is -0.463 e. The summed E-state index contributed by atoms with van der Waals surface area (Å²) in [5, 5.41) is 0. The van der Waals surface area contributed by atoms with Crippen LogP contribution in [0.1, 0.15) is 79.6 Å². The van der Waals surface area contributed by atoms with Crippen LogP contribution in [0.15, 0.2) is 128 Å². The van der Waals surface area contributed by atoms with Crippen molar-refractivity contribution in [2.75, 3.05) is 19.8 Å². The molecule has 0 spiro atoms. The molecule has 0 heterocycles. The van der Waals surface area contributed by atoms with Gasteiger partial charge in [-0.2, -0.15) is 0 Å². The Morgan fingerprint density at radius 2 is 0.781 bits per heavy atom. The van der Waals surface area contributed by atoms with Crippen LogP contribution in [0, 0.1) is 6.92 Å². The van der Waals surface area contributed by atoms with E-state index in [1.54, 1.807) is 6.92 Å². The summed E-state index contributed by atoms with van der Waals surface area (Å²) in [7, 11) is 0. The highest BCUT2D eigenvalue weighted by atomic mass is 16.7. The average Bonchev–Trinajstić information content (AvgIpc) is 3.29. The maximum Gasteiger partial charge on any atom is 0.513 e. The first-order chi connectivity index (χ1) is 30.9. The Morgan fingerprint density at radius 3 is 1.17 bits per heavy atom. The maximum atomic E-state index is 12.9. The number of hydrogen-bond acceptors (Lipinski definition) is 16. The second kappa shape index (κ2) is 23.7. The van der Waals surface area contributed by atoms with Crippen molar-refractivity contribution in [1.29, 1.82) is 0 Å². The molecule has 16 heteroatoms. The summed E-state index contributed by atoms with van der Waals surface area (Å²) in [6.07, 6.45) is 1.80. The molecule has 0 radical (unpaired) electrons. The summed E-state index contributed by atoms with van der Waals surface area (Å²) < 4.78 is 46.8. The summed E-state index contributed by atoms with van der Waals surface area (Å²) in [5.41, 5.74) is 1.19. The molecule has 0 saturated carbocycles. The second-order valence-electron chi connectivity index (χ2n) is 13.4. The zero-order valence-electron chi connectivity index (χ0n) is 34.7. The molecular weight excluding hydrogens is 833 g/mol. The highest BCUT2D eigenvalue weighted by Crippen LogP contribution is 2.26. The molecule has 16 nitrogen and oxygen atoms in total. The van der Waals surface area contributed by atoms with Crippen molar-refractivity contribution in [1.82, 2.24) is 0 Å². The van der Waals surface area contributed by atoms with E-state index in [4.69, 9.17) is 42.6 Å². The Labute approximate surface area is 367 Å². The predicted octanol–water partition coefficient (Wildman–Crippen LogP) is 9.21. The van der Waals surface area contributed by atoms with Gasteiger partial charge in [-0.1, -0.05) is 19.9 Å². The molecule has 0 atom stereocenters. The largest absolute Gasteiger partial charge is 0.513 e. The topological polar surface area (TPSA) is 203 Å². The summed E-state index contributed by atoms with van der Waals surface area (Å²) >= 11 is 0. The molecule has 0 saturated heterocycles. The lowest BCUT2D eigenvalue weighted by atomic mass is 10.2. The third kappa shape index (κ3) is 14.7. The summed E-state index contributed by atoms with van der Waals surface area (Å²) in [6, 6.07) is 27.2. The van der Waals surface area contributed by atoms with Crippen LogP contribution in [-0.2, 0) is 19.0 Å². The summed E-state index contributed by atoms with van der Waals surface area (Å²) in [4.78, 5) is 85.9. The third-order valence-corrected chi connectivity index (χ3v) is 8.63. The van der Waals surface area contributed by atoms with Gasteiger partial charge in [0.2, 0.25) is 0 Å². The number of esters is 5. The van der Waals surface area contributed by atoms with Crippen molar-refractivity contribution in [2.45, 2.75) is 39.5 Å². The van der Waals surface area contributed by atoms with Crippen molar-refractivity contribution < 1.29 is 76.2 Å². The molecule has 330 valence electrons. The highest BCUT2D eigenvalue weighted by molar-refractivity contribution is 5.94. The molecule has 5 aromatic carbocycles. The third-order valence-electron chi connectivity index (χ3n) is 8.63. The Balaban J connectivity index is 1.04. The van der Waals surface area contributed by atoms with Crippen LogP contribution in [0.3, 0.4) is 0 Å². The molecule has 0 aromatic heterocycles. The molecule has 0 amide bonds. The highest BCUT2D eigenvalue weighted by Gasteiger charge is 2.17. The van der Waals surface area contributed by atoms with Crippen molar-refractivity contribution in [3.05, 3.63) is 156 Å². The van der Waals surface area contributed by atoms with E-state index in [0.717, 1.165) is 18.9 Å². The van der Waals surface area contributed by atoms with E-state index < -0.39 is 42.2 Å². The van der Waals surface area contributed by atoms with Gasteiger partial charge in [0.05, 0.1) is 42.1 Å². The number of rotatable bonds is 19. The van der Waals surface area contributed by atoms with Crippen LogP contribution < -0.4 is 28.4 Å². The number of benzene rings is 5. The molecule has 0 bridgehead atoms. The molecule has 0 aliphatic heterocycles. The smallest absolute Gasteiger partial charge is 0.463 e. The molecule has 5 rings (SSSR count). The Kier molecular flexibility index (Phi) is 17.3. The van der Waals surface area contributed by atoms with Crippen LogP contribution in [0.5, 0.6) is 34.5 Å². The molecule has 0 unspecified atom stereocenters. The monoisotopic (exact) mass is 874 g/mol. The standard InChI is InChI=1S/C48H42O16/c1-4-6-27-57-47(54)62-38-21-13-32(14-22-38)44(51)60-37-19-11-35(12-20-37)46(53)64-41-26-25-40(30-31(41)3)61-45(52)34-9-17-36(18-10-34)59-43(50)33-15-23-39(24-16-33)63-48(55)58-29-8-7-28-56-42(49)5-2/h5,9-26,30H,2,4,6-8,27-29H2,1,3H3. The first kappa shape index (κ1) is 46.8. The molecule has 0 N–H and O–H groups in total. The fraction of sp³-hybridized carbons (Fsp3) is 0.188. The molecule has 0 aliphatic carbocycles. The number of unbranched alkanes of at least 4 members (excludes halogenated alkanes) is 2. The van der Waals surface area contributed by atoms with E-state index in [0.29, 0.717) is 18.4 Å². The van der Waals surface area contributed by atoms with Gasteiger partial charge in [-0.3, -0.25) is 0 Å². The van der Waals surface area contributed by atoms with Gasteiger partial charge in [0.15, 0.2) is 0 Å². The molecule has 64 heavy (non-hydrogen) atoms. The summed E-state index contributed by atoms with van der Waals surface area (Å²) in [5.74, 6) is -2.23. The quantitative estimate of drug-likeness (QED) is 0.0189. The first-order valence-electron chi connectivity index (χ1n) is 19.8. The van der Waals surface area contributed by atoms with E-state index in [-0.39, 0.29) is 76.6 Å². The van der Waals surface area contributed by atoms with Crippen molar-refractivity contribution in [3.63, 3.8) is 0 Å². The van der Waals surface area contributed by atoms with E-state index in [2.05, 4.69) is 6.58 Å². The Hall–Kier alpha value is -8.27. The lowest BCUT2D eigenvalue weighted by Crippen LogP contribution is -2.13. The lowest BCUT2D eigenvalue weighted by Gasteiger charge is -2.11. The van der Waals surface area contributed by atoms with Gasteiger partial charge < -0.3 is 42.6 Å². The Bertz CT molecular complexity index is 2440. The maximum absolute atomic E-state index is 12.9. The normalized spacial score (nSPS) is 10.3. The zero-order chi connectivity index (χ0) is 45.8. The minimum atomic E-state index is -0.938. The van der Waals surface area contributed by atoms with E-state index >= 15 is 0 Å². The van der Waals surface area contributed by atoms with Crippen LogP contribution in [0.25, 0.3) is 0 Å². The molecule has 0 aliphatic rings. The lowest BCUT2D eigenvalue weighted by molar-refractivity contribution is -0.137. The number of carbonyl (C=O) groups excluding carboxylic acids is 7. The number of aryl methyl sites for hydroxylation is 1. The predicted molar refractivity (Wildman–Crippen MR) is 226 cm³/mol. The number of carbonyl (C=O) groups is 7. The average molecular weight is 875 g/mol. The van der Waals surface area contributed by atoms with E-state index in [1.807, 2.05) is 6.92 Å². The molecule has 0 fully saturated rings. The van der Waals surface area contributed by atoms with Gasteiger partial charge in [-0.05, 0) is 147 Å². The summed E-state index contributed by atoms with van der Waals surface area (Å²) in [6.45, 7) is 7.40. The van der Waals surface area contributed by atoms with E-state index in [9.17, 15) is 33.6 Å². The van der Waals surface area contributed by atoms with Crippen molar-refractivity contribution >= 4 is 42.2 Å². The molecule has 5 aromatic rings. The number of ether oxygens (including phenoxy) is 9. The van der Waals surface area contributed by atoms with Gasteiger partial charge in [0.1, 0.15) is 34.5 Å². The van der Waals surface area contributed by atoms with Crippen molar-refractivity contribution in [3.8, 4) is 34.5 Å². The minimum absolute atomic E-state index is 0.0558. The van der Waals surface area contributed by atoms with Crippen LogP contribution in [0.2, 0.25) is 0 Å². The zero-order valence-corrected chi connectivity index (χ0v) is 34.7. The SMILES string of the molecule is C=CC(=O)OCCCCOC(=O)Oc1ccc(C(=O)Oc2ccc(C(=O)Oc3ccc(OC(=O)c4ccc(OC(=O)c5ccc(OC(=O)OCCCC)cc5)cc4)c(C)c3)cc2)cc1. The van der Waals surface area contributed by atoms with E-state index in [1.165, 1.54) is 115 Å².